The number of hydrogen-bond donors (Lipinski definition) is 0. The van der Waals surface area contributed by atoms with Gasteiger partial charge < -0.3 is 0 Å². The molecule has 272 valence electrons. The smallest absolute Gasteiger partial charge is 0.0153 e. The second kappa shape index (κ2) is 10.1. The van der Waals surface area contributed by atoms with Crippen LogP contribution in [0.3, 0.4) is 0 Å². The number of rotatable bonds is 0. The fourth-order valence-corrected chi connectivity index (χ4v) is 12.7. The van der Waals surface area contributed by atoms with Gasteiger partial charge >= 0.3 is 0 Å². The van der Waals surface area contributed by atoms with Crippen molar-refractivity contribution in [1.82, 2.24) is 0 Å². The molecule has 58 heavy (non-hydrogen) atoms. The maximum Gasteiger partial charge on any atom is 0.0153 e. The van der Waals surface area contributed by atoms with Crippen LogP contribution in [-0.2, 0) is 17.3 Å². The minimum absolute atomic E-state index is 0.166. The van der Waals surface area contributed by atoms with Gasteiger partial charge in [0.1, 0.15) is 0 Å². The van der Waals surface area contributed by atoms with Crippen molar-refractivity contribution in [3.63, 3.8) is 0 Å². The Morgan fingerprint density at radius 2 is 0.810 bits per heavy atom. The highest BCUT2D eigenvalue weighted by Gasteiger charge is 2.44. The molecule has 0 N–H and O–H groups in total. The van der Waals surface area contributed by atoms with E-state index in [0.29, 0.717) is 0 Å². The van der Waals surface area contributed by atoms with Gasteiger partial charge in [-0.15, -0.1) is 0 Å². The zero-order valence-corrected chi connectivity index (χ0v) is 33.5. The van der Waals surface area contributed by atoms with Gasteiger partial charge in [0, 0.05) is 10.8 Å². The van der Waals surface area contributed by atoms with Gasteiger partial charge in [0.05, 0.1) is 0 Å². The Morgan fingerprint density at radius 1 is 0.379 bits per heavy atom. The fraction of sp³-hybridized carbons (Fsp3) is 0.138. The molecular formula is C58H40. The third-order valence-corrected chi connectivity index (χ3v) is 15.3. The molecule has 0 aromatic heterocycles. The Morgan fingerprint density at radius 3 is 1.34 bits per heavy atom. The minimum Gasteiger partial charge on any atom is -0.0791 e. The Hall–Kier alpha value is -6.50. The van der Waals surface area contributed by atoms with Crippen LogP contribution in [0.4, 0.5) is 0 Å². The normalized spacial score (nSPS) is 16.0. The molecule has 0 saturated carbocycles. The molecule has 0 heterocycles. The summed E-state index contributed by atoms with van der Waals surface area (Å²) >= 11 is 0. The highest BCUT2D eigenvalue weighted by molar-refractivity contribution is 6.37. The van der Waals surface area contributed by atoms with E-state index in [-0.39, 0.29) is 10.8 Å². The van der Waals surface area contributed by atoms with Gasteiger partial charge in [0.2, 0.25) is 0 Å². The summed E-state index contributed by atoms with van der Waals surface area (Å²) < 4.78 is 0. The molecule has 0 bridgehead atoms. The largest absolute Gasteiger partial charge is 0.0791 e. The summed E-state index contributed by atoms with van der Waals surface area (Å²) in [7, 11) is 0. The first-order valence-electron chi connectivity index (χ1n) is 21.1. The van der Waals surface area contributed by atoms with E-state index >= 15 is 0 Å². The lowest BCUT2D eigenvalue weighted by molar-refractivity contribution is 0.521. The average Bonchev–Trinajstić information content (AvgIpc) is 3.78. The molecule has 3 aliphatic carbocycles. The van der Waals surface area contributed by atoms with Crippen LogP contribution in [-0.4, -0.2) is 0 Å². The predicted octanol–water partition coefficient (Wildman–Crippen LogP) is 14.9. The molecule has 0 saturated heterocycles. The Bertz CT molecular complexity index is 3760. The SMILES string of the molecule is C/C=c1/c2cccc3cccc(c4ccc5c(c14)Cc1cc4c(cc1-5)C(C)(C)c1cc5c(cc1C4(C)C)-c1ccc4c6cccc7cccc(c8ccc-5c1c48)c76)c32. The predicted molar refractivity (Wildman–Crippen MR) is 249 cm³/mol. The van der Waals surface area contributed by atoms with E-state index in [4.69, 9.17) is 0 Å². The van der Waals surface area contributed by atoms with Crippen LogP contribution in [0.5, 0.6) is 0 Å². The Balaban J connectivity index is 0.987. The first-order chi connectivity index (χ1) is 28.2. The molecule has 0 aliphatic heterocycles. The summed E-state index contributed by atoms with van der Waals surface area (Å²) in [5.74, 6) is 0. The average molecular weight is 737 g/mol. The van der Waals surface area contributed by atoms with E-state index in [1.165, 1.54) is 147 Å². The zero-order valence-electron chi connectivity index (χ0n) is 33.5. The van der Waals surface area contributed by atoms with Crippen molar-refractivity contribution in [2.45, 2.75) is 51.9 Å². The minimum atomic E-state index is -0.177. The van der Waals surface area contributed by atoms with Gasteiger partial charge in [0.15, 0.2) is 0 Å². The molecule has 0 nitrogen and oxygen atoms in total. The summed E-state index contributed by atoms with van der Waals surface area (Å²) in [5, 5.41) is 20.6. The van der Waals surface area contributed by atoms with Crippen LogP contribution in [0.1, 0.15) is 68.0 Å². The summed E-state index contributed by atoms with van der Waals surface area (Å²) in [6.07, 6.45) is 3.31. The highest BCUT2D eigenvalue weighted by Crippen LogP contribution is 2.58. The highest BCUT2D eigenvalue weighted by atomic mass is 14.5. The van der Waals surface area contributed by atoms with Crippen LogP contribution in [0, 0.1) is 0 Å². The van der Waals surface area contributed by atoms with Crippen molar-refractivity contribution in [2.24, 2.45) is 0 Å². The van der Waals surface area contributed by atoms with Crippen molar-refractivity contribution < 1.29 is 0 Å². The van der Waals surface area contributed by atoms with Gasteiger partial charge in [-0.2, -0.15) is 0 Å². The lowest BCUT2D eigenvalue weighted by Gasteiger charge is -2.44. The monoisotopic (exact) mass is 736 g/mol. The van der Waals surface area contributed by atoms with E-state index < -0.39 is 0 Å². The first-order valence-corrected chi connectivity index (χ1v) is 21.1. The number of hydrogen-bond acceptors (Lipinski definition) is 0. The molecule has 0 heteroatoms. The maximum absolute atomic E-state index is 2.61. The lowest BCUT2D eigenvalue weighted by atomic mass is 9.59. The summed E-state index contributed by atoms with van der Waals surface area (Å²) in [6, 6.07) is 52.2. The van der Waals surface area contributed by atoms with Crippen LogP contribution >= 0.6 is 0 Å². The third-order valence-electron chi connectivity index (χ3n) is 15.3. The van der Waals surface area contributed by atoms with E-state index in [0.717, 1.165) is 6.42 Å². The van der Waals surface area contributed by atoms with Crippen molar-refractivity contribution >= 4 is 81.5 Å². The zero-order chi connectivity index (χ0) is 38.6. The molecule has 14 rings (SSSR count). The third kappa shape index (κ3) is 3.50. The second-order valence-corrected chi connectivity index (χ2v) is 18.6. The molecule has 0 fully saturated rings. The van der Waals surface area contributed by atoms with Crippen LogP contribution in [0.2, 0.25) is 0 Å². The van der Waals surface area contributed by atoms with Crippen LogP contribution in [0.15, 0.2) is 133 Å². The molecule has 11 aromatic carbocycles. The van der Waals surface area contributed by atoms with Gasteiger partial charge in [-0.05, 0) is 179 Å². The van der Waals surface area contributed by atoms with Gasteiger partial charge in [0.25, 0.3) is 0 Å². The van der Waals surface area contributed by atoms with E-state index in [9.17, 15) is 0 Å². The molecule has 0 unspecified atom stereocenters. The van der Waals surface area contributed by atoms with Crippen molar-refractivity contribution in [2.75, 3.05) is 0 Å². The number of benzene rings is 11. The topological polar surface area (TPSA) is 0 Å². The summed E-state index contributed by atoms with van der Waals surface area (Å²) in [5.41, 5.74) is 16.8. The molecule has 0 spiro atoms. The molecule has 0 radical (unpaired) electrons. The maximum atomic E-state index is 2.61. The molecule has 3 aliphatic rings. The Kier molecular flexibility index (Phi) is 5.52. The molecule has 11 aromatic rings. The van der Waals surface area contributed by atoms with Gasteiger partial charge in [-0.3, -0.25) is 0 Å². The quantitative estimate of drug-likeness (QED) is 0.107. The summed E-state index contributed by atoms with van der Waals surface area (Å²) in [6.45, 7) is 12.1. The number of fused-ring (bicyclic) bond motifs is 13. The summed E-state index contributed by atoms with van der Waals surface area (Å²) in [4.78, 5) is 0. The van der Waals surface area contributed by atoms with E-state index in [1.807, 2.05) is 0 Å². The molecular weight excluding hydrogens is 697 g/mol. The molecule has 0 atom stereocenters. The van der Waals surface area contributed by atoms with Gasteiger partial charge in [-0.25, -0.2) is 0 Å². The standard InChI is InChI=1S/C58H40/c1-6-33-35-15-7-11-30-12-8-16-36(52(30)35)39-20-19-34-44-27-49-48(26-32(44)25-47(34)54(33)39)57(2,3)50-28-45-42-23-21-40-37-17-9-13-31-14-10-18-38(53(31)37)41-22-24-43(56(42)55(40)41)46(45)29-51(50)58(49,4)5/h6-24,26-29H,25H2,1-5H3/b33-6-. The van der Waals surface area contributed by atoms with Crippen LogP contribution < -0.4 is 5.22 Å². The van der Waals surface area contributed by atoms with Gasteiger partial charge in [-0.1, -0.05) is 149 Å². The van der Waals surface area contributed by atoms with Crippen LogP contribution in [0.25, 0.3) is 115 Å². The Labute approximate surface area is 337 Å². The van der Waals surface area contributed by atoms with Crippen molar-refractivity contribution in [3.8, 4) is 33.4 Å². The lowest BCUT2D eigenvalue weighted by Crippen LogP contribution is -2.36. The fourth-order valence-electron chi connectivity index (χ4n) is 12.7. The van der Waals surface area contributed by atoms with E-state index in [1.54, 1.807) is 0 Å². The van der Waals surface area contributed by atoms with Crippen molar-refractivity contribution in [3.05, 3.63) is 172 Å². The second-order valence-electron chi connectivity index (χ2n) is 18.6. The van der Waals surface area contributed by atoms with E-state index in [2.05, 4.69) is 174 Å². The molecule has 0 amide bonds. The first kappa shape index (κ1) is 31.6. The van der Waals surface area contributed by atoms with Crippen molar-refractivity contribution in [1.29, 1.82) is 0 Å².